The number of aromatic nitrogens is 1. The number of hydrogen-bond acceptors (Lipinski definition) is 3. The minimum absolute atomic E-state index is 0. The van der Waals surface area contributed by atoms with Crippen LogP contribution in [0.2, 0.25) is 0 Å². The van der Waals surface area contributed by atoms with Gasteiger partial charge in [-0.1, -0.05) is 95.0 Å². The van der Waals surface area contributed by atoms with E-state index in [9.17, 15) is 27.5 Å². The van der Waals surface area contributed by atoms with Crippen LogP contribution in [0.1, 0.15) is 65.5 Å². The molecule has 0 amide bonds. The number of benzene rings is 4. The van der Waals surface area contributed by atoms with Crippen LogP contribution in [-0.2, 0) is 31.1 Å². The molecular weight excluding hydrogens is 771 g/mol. The predicted octanol–water partition coefficient (Wildman–Crippen LogP) is 11.3. The minimum Gasteiger partial charge on any atom is -0.512 e. The van der Waals surface area contributed by atoms with Crippen LogP contribution in [0.25, 0.3) is 43.6 Å². The van der Waals surface area contributed by atoms with Crippen molar-refractivity contribution in [1.82, 2.24) is 4.98 Å². The summed E-state index contributed by atoms with van der Waals surface area (Å²) in [6.07, 6.45) is 0.0108. The number of aliphatic hydroxyl groups is 1. The fraction of sp³-hybridized carbons (Fsp3) is 0.316. The molecule has 3 nitrogen and oxygen atoms in total. The van der Waals surface area contributed by atoms with Gasteiger partial charge in [-0.25, -0.2) is 4.39 Å². The van der Waals surface area contributed by atoms with E-state index in [2.05, 4.69) is 11.1 Å². The summed E-state index contributed by atoms with van der Waals surface area (Å²) in [5.74, 6) is -0.107. The van der Waals surface area contributed by atoms with E-state index in [1.165, 1.54) is 18.3 Å². The summed E-state index contributed by atoms with van der Waals surface area (Å²) in [5.41, 5.74) is -0.246. The van der Waals surface area contributed by atoms with Crippen molar-refractivity contribution in [2.45, 2.75) is 67.5 Å². The van der Waals surface area contributed by atoms with Gasteiger partial charge in [-0.15, -0.1) is 23.6 Å². The van der Waals surface area contributed by atoms with E-state index in [0.29, 0.717) is 32.8 Å². The van der Waals surface area contributed by atoms with E-state index >= 15 is 0 Å². The number of alkyl halides is 3. The Morgan fingerprint density at radius 1 is 0.848 bits per heavy atom. The maximum absolute atomic E-state index is 14.6. The number of halogens is 4. The van der Waals surface area contributed by atoms with Gasteiger partial charge < -0.3 is 5.11 Å². The number of hydrogen-bond donors (Lipinski definition) is 1. The molecule has 0 saturated heterocycles. The maximum Gasteiger partial charge on any atom is 0.403 e. The first kappa shape index (κ1) is 36.9. The molecule has 0 atom stereocenters. The van der Waals surface area contributed by atoms with Gasteiger partial charge in [0.15, 0.2) is 5.78 Å². The van der Waals surface area contributed by atoms with Crippen molar-refractivity contribution in [3.63, 3.8) is 0 Å². The molecule has 5 rings (SSSR count). The molecule has 8 heteroatoms. The van der Waals surface area contributed by atoms with Crippen molar-refractivity contribution in [2.24, 2.45) is 10.8 Å². The van der Waals surface area contributed by atoms with Gasteiger partial charge in [0, 0.05) is 54.3 Å². The smallest absolute Gasteiger partial charge is 0.403 e. The number of fused-ring (bicyclic) bond motifs is 4. The van der Waals surface area contributed by atoms with Crippen LogP contribution in [0.5, 0.6) is 0 Å². The molecular formula is C38H38F4IrNO2-. The van der Waals surface area contributed by atoms with Crippen molar-refractivity contribution in [2.75, 3.05) is 0 Å². The summed E-state index contributed by atoms with van der Waals surface area (Å²) in [7, 11) is 0. The summed E-state index contributed by atoms with van der Waals surface area (Å²) in [6, 6.07) is 19.1. The van der Waals surface area contributed by atoms with Gasteiger partial charge in [0.1, 0.15) is 11.6 Å². The number of aliphatic hydroxyl groups excluding tert-OH is 1. The molecule has 1 aromatic heterocycles. The van der Waals surface area contributed by atoms with Crippen LogP contribution in [0, 0.1) is 29.6 Å². The van der Waals surface area contributed by atoms with Gasteiger partial charge in [-0.3, -0.25) is 9.78 Å². The largest absolute Gasteiger partial charge is 0.512 e. The molecule has 1 N–H and O–H groups in total. The molecule has 4 aromatic carbocycles. The first-order valence-corrected chi connectivity index (χ1v) is 15.0. The number of nitrogens with zero attached hydrogens (tertiary/aromatic N) is 1. The van der Waals surface area contributed by atoms with E-state index in [1.807, 2.05) is 47.6 Å². The molecule has 0 bridgehead atoms. The van der Waals surface area contributed by atoms with E-state index in [1.54, 1.807) is 49.4 Å². The van der Waals surface area contributed by atoms with Crippen molar-refractivity contribution >= 4 is 38.1 Å². The second-order valence-corrected chi connectivity index (χ2v) is 12.6. The van der Waals surface area contributed by atoms with Crippen LogP contribution in [0.15, 0.2) is 78.7 Å². The average Bonchev–Trinajstić information content (AvgIpc) is 3.01. The van der Waals surface area contributed by atoms with E-state index < -0.39 is 11.7 Å². The zero-order chi connectivity index (χ0) is 33.3. The second-order valence-electron chi connectivity index (χ2n) is 12.6. The zero-order valence-corrected chi connectivity index (χ0v) is 29.4. The molecule has 0 aliphatic carbocycles. The van der Waals surface area contributed by atoms with Crippen LogP contribution in [0.3, 0.4) is 0 Å². The molecule has 245 valence electrons. The third-order valence-electron chi connectivity index (χ3n) is 8.80. The number of ketones is 1. The molecule has 1 radical (unpaired) electrons. The molecule has 0 aliphatic rings. The molecule has 1 heterocycles. The summed E-state index contributed by atoms with van der Waals surface area (Å²) in [4.78, 5) is 16.2. The Morgan fingerprint density at radius 2 is 1.43 bits per heavy atom. The summed E-state index contributed by atoms with van der Waals surface area (Å²) >= 11 is 0. The molecule has 46 heavy (non-hydrogen) atoms. The number of pyridine rings is 1. The molecule has 0 unspecified atom stereocenters. The predicted molar refractivity (Wildman–Crippen MR) is 175 cm³/mol. The SMILES string of the molecule is CCC(C)(C)C(=O)/C=C(\O)C(C)(C)CC.Cc1ccc2c(ccc3c(-c4[c-]c5ccccc5c(C(F)(F)F)c4)nccc32)c1F.[Ir]. The molecule has 0 fully saturated rings. The third kappa shape index (κ3) is 7.50. The average molecular weight is 809 g/mol. The summed E-state index contributed by atoms with van der Waals surface area (Å²) in [6.45, 7) is 13.3. The fourth-order valence-corrected chi connectivity index (χ4v) is 4.82. The number of carbonyl (C=O) groups excluding carboxylic acids is 1. The first-order chi connectivity index (χ1) is 21.0. The van der Waals surface area contributed by atoms with Crippen molar-refractivity contribution in [3.05, 3.63) is 102 Å². The van der Waals surface area contributed by atoms with Crippen LogP contribution < -0.4 is 0 Å². The van der Waals surface area contributed by atoms with Crippen LogP contribution in [0.4, 0.5) is 17.6 Å². The minimum atomic E-state index is -4.51. The van der Waals surface area contributed by atoms with Crippen molar-refractivity contribution in [3.8, 4) is 11.3 Å². The second kappa shape index (κ2) is 14.0. The topological polar surface area (TPSA) is 50.2 Å². The Labute approximate surface area is 281 Å². The van der Waals surface area contributed by atoms with Crippen LogP contribution in [-0.4, -0.2) is 15.9 Å². The molecule has 5 aromatic rings. The normalized spacial score (nSPS) is 12.5. The van der Waals surface area contributed by atoms with Crippen molar-refractivity contribution in [1.29, 1.82) is 0 Å². The Balaban J connectivity index is 0.000000309. The Morgan fingerprint density at radius 3 is 2.07 bits per heavy atom. The molecule has 0 saturated carbocycles. The Bertz CT molecular complexity index is 1930. The number of rotatable bonds is 6. The third-order valence-corrected chi connectivity index (χ3v) is 8.80. The fourth-order valence-electron chi connectivity index (χ4n) is 4.82. The number of aryl methyl sites for hydroxylation is 1. The van der Waals surface area contributed by atoms with Gasteiger partial charge in [0.05, 0.1) is 0 Å². The maximum atomic E-state index is 14.6. The van der Waals surface area contributed by atoms with Gasteiger partial charge in [-0.05, 0) is 53.1 Å². The first-order valence-electron chi connectivity index (χ1n) is 15.0. The van der Waals surface area contributed by atoms with Crippen molar-refractivity contribution < 1.29 is 47.6 Å². The standard InChI is InChI=1S/C25H14F4N.C13H24O2.Ir/c1-14-6-7-18-19-10-11-30-24(21(19)9-8-20(18)23(14)26)16-12-15-4-2-3-5-17(15)22(13-16)25(27,28)29;1-7-12(3,4)10(14)9-11(15)13(5,6)8-2;/h2-11,13H,1H3;9,14H,7-8H2,1-6H3;/q-1;;/b;10-9-;. The van der Waals surface area contributed by atoms with Gasteiger partial charge in [-0.2, -0.15) is 13.2 Å². The van der Waals surface area contributed by atoms with Gasteiger partial charge >= 0.3 is 6.18 Å². The van der Waals surface area contributed by atoms with Crippen LogP contribution >= 0.6 is 0 Å². The summed E-state index contributed by atoms with van der Waals surface area (Å²) in [5, 5.41) is 12.8. The zero-order valence-electron chi connectivity index (χ0n) is 27.0. The summed E-state index contributed by atoms with van der Waals surface area (Å²) < 4.78 is 55.8. The Hall–Kier alpha value is -3.61. The van der Waals surface area contributed by atoms with Gasteiger partial charge in [0.2, 0.25) is 0 Å². The van der Waals surface area contributed by atoms with E-state index in [0.717, 1.165) is 24.3 Å². The molecule has 0 spiro atoms. The molecule has 0 aliphatic heterocycles. The number of allylic oxidation sites excluding steroid dienone is 2. The Kier molecular flexibility index (Phi) is 11.2. The quantitative estimate of drug-likeness (QED) is 0.0611. The van der Waals surface area contributed by atoms with E-state index in [4.69, 9.17) is 0 Å². The van der Waals surface area contributed by atoms with E-state index in [-0.39, 0.29) is 59.2 Å². The van der Waals surface area contributed by atoms with Gasteiger partial charge in [0.25, 0.3) is 0 Å². The number of carbonyl (C=O) groups is 1. The monoisotopic (exact) mass is 809 g/mol.